The molecule has 0 radical (unpaired) electrons. The zero-order valence-electron chi connectivity index (χ0n) is 10.0. The van der Waals surface area contributed by atoms with E-state index in [1.807, 2.05) is 0 Å². The van der Waals surface area contributed by atoms with Crippen LogP contribution in [0.2, 0.25) is 0 Å². The first kappa shape index (κ1) is 13.9. The van der Waals surface area contributed by atoms with E-state index in [4.69, 9.17) is 0 Å². The second kappa shape index (κ2) is 4.86. The van der Waals surface area contributed by atoms with E-state index in [2.05, 4.69) is 0 Å². The van der Waals surface area contributed by atoms with Crippen LogP contribution >= 0.6 is 0 Å². The molecule has 0 spiro atoms. The molecule has 19 heavy (non-hydrogen) atoms. The summed E-state index contributed by atoms with van der Waals surface area (Å²) in [5, 5.41) is 9.52. The van der Waals surface area contributed by atoms with Gasteiger partial charge in [0.25, 0.3) is 0 Å². The van der Waals surface area contributed by atoms with Gasteiger partial charge in [-0.25, -0.2) is 4.39 Å². The molecular weight excluding hydrogens is 266 g/mol. The molecule has 1 fully saturated rings. The molecule has 0 aliphatic heterocycles. The van der Waals surface area contributed by atoms with Gasteiger partial charge in [0.05, 0.1) is 11.3 Å². The minimum Gasteiger partial charge on any atom is -0.425 e. The number of rotatable bonds is 1. The van der Waals surface area contributed by atoms with E-state index < -0.39 is 23.1 Å². The smallest absolute Gasteiger partial charge is 0.419 e. The van der Waals surface area contributed by atoms with Gasteiger partial charge in [0, 0.05) is 5.92 Å². The zero-order chi connectivity index (χ0) is 14.2. The van der Waals surface area contributed by atoms with Gasteiger partial charge < -0.3 is 5.21 Å². The van der Waals surface area contributed by atoms with Gasteiger partial charge in [-0.3, -0.25) is 4.79 Å². The van der Waals surface area contributed by atoms with E-state index in [9.17, 15) is 27.6 Å². The van der Waals surface area contributed by atoms with Crippen molar-refractivity contribution in [1.29, 1.82) is 0 Å². The molecule has 0 amide bonds. The Hall–Kier alpha value is -1.53. The summed E-state index contributed by atoms with van der Waals surface area (Å²) in [6.45, 7) is 0. The Bertz CT molecular complexity index is 530. The van der Waals surface area contributed by atoms with Crippen LogP contribution in [0.15, 0.2) is 10.9 Å². The van der Waals surface area contributed by atoms with Crippen molar-refractivity contribution in [2.45, 2.75) is 44.2 Å². The summed E-state index contributed by atoms with van der Waals surface area (Å²) in [4.78, 5) is 11.3. The van der Waals surface area contributed by atoms with Crippen molar-refractivity contribution in [2.75, 3.05) is 0 Å². The van der Waals surface area contributed by atoms with Crippen molar-refractivity contribution in [3.05, 3.63) is 33.5 Å². The molecule has 2 rings (SSSR count). The van der Waals surface area contributed by atoms with E-state index in [0.29, 0.717) is 18.9 Å². The van der Waals surface area contributed by atoms with Crippen molar-refractivity contribution in [2.24, 2.45) is 0 Å². The summed E-state index contributed by atoms with van der Waals surface area (Å²) in [6.07, 6.45) is -1.17. The second-order valence-electron chi connectivity index (χ2n) is 4.75. The van der Waals surface area contributed by atoms with Crippen LogP contribution in [0, 0.1) is 5.82 Å². The number of hydrogen-bond donors (Lipinski definition) is 1. The van der Waals surface area contributed by atoms with Crippen LogP contribution in [0.25, 0.3) is 0 Å². The van der Waals surface area contributed by atoms with Crippen molar-refractivity contribution in [3.63, 3.8) is 0 Å². The summed E-state index contributed by atoms with van der Waals surface area (Å²) in [5.74, 6) is -2.30. The van der Waals surface area contributed by atoms with Crippen molar-refractivity contribution < 1.29 is 22.8 Å². The standard InChI is InChI=1S/C12H13F4NO2/c13-10-8(12(14,15)16)6-9(17(19)11(10)18)7-4-2-1-3-5-7/h6-7,19H,1-5H2. The molecule has 0 aromatic carbocycles. The number of aromatic nitrogens is 1. The Morgan fingerprint density at radius 1 is 1.21 bits per heavy atom. The average molecular weight is 279 g/mol. The van der Waals surface area contributed by atoms with Crippen LogP contribution < -0.4 is 5.56 Å². The molecule has 1 N–H and O–H groups in total. The van der Waals surface area contributed by atoms with E-state index >= 15 is 0 Å². The lowest BCUT2D eigenvalue weighted by atomic mass is 9.86. The minimum absolute atomic E-state index is 0.0144. The van der Waals surface area contributed by atoms with Gasteiger partial charge in [-0.05, 0) is 18.9 Å². The van der Waals surface area contributed by atoms with E-state index in [1.165, 1.54) is 0 Å². The molecule has 3 nitrogen and oxygen atoms in total. The molecule has 0 atom stereocenters. The summed E-state index contributed by atoms with van der Waals surface area (Å²) in [7, 11) is 0. The van der Waals surface area contributed by atoms with Gasteiger partial charge in [-0.15, -0.1) is 4.73 Å². The number of halogens is 4. The number of nitrogens with zero attached hydrogens (tertiary/aromatic N) is 1. The Labute approximate surface area is 106 Å². The Morgan fingerprint density at radius 3 is 2.32 bits per heavy atom. The Balaban J connectivity index is 2.55. The highest BCUT2D eigenvalue weighted by Crippen LogP contribution is 2.36. The third-order valence-electron chi connectivity index (χ3n) is 3.48. The molecule has 1 heterocycles. The van der Waals surface area contributed by atoms with Crippen molar-refractivity contribution >= 4 is 0 Å². The molecular formula is C12H13F4NO2. The van der Waals surface area contributed by atoms with Crippen LogP contribution in [0.3, 0.4) is 0 Å². The molecule has 1 aliphatic rings. The normalized spacial score (nSPS) is 17.7. The lowest BCUT2D eigenvalue weighted by Gasteiger charge is -2.23. The monoisotopic (exact) mass is 279 g/mol. The molecule has 1 aliphatic carbocycles. The molecule has 1 aromatic rings. The SMILES string of the molecule is O=c1c(F)c(C(F)(F)F)cc(C2CCCCC2)n1O. The van der Waals surface area contributed by atoms with Gasteiger partial charge in [-0.2, -0.15) is 13.2 Å². The largest absolute Gasteiger partial charge is 0.425 e. The fraction of sp³-hybridized carbons (Fsp3) is 0.583. The van der Waals surface area contributed by atoms with E-state index in [0.717, 1.165) is 19.3 Å². The van der Waals surface area contributed by atoms with Gasteiger partial charge in [-0.1, -0.05) is 19.3 Å². The highest BCUT2D eigenvalue weighted by molar-refractivity contribution is 5.24. The first-order chi connectivity index (χ1) is 8.82. The second-order valence-corrected chi connectivity index (χ2v) is 4.75. The lowest BCUT2D eigenvalue weighted by molar-refractivity contribution is -0.140. The molecule has 0 unspecified atom stereocenters. The minimum atomic E-state index is -4.94. The predicted molar refractivity (Wildman–Crippen MR) is 58.7 cm³/mol. The van der Waals surface area contributed by atoms with Crippen LogP contribution in [0.5, 0.6) is 0 Å². The van der Waals surface area contributed by atoms with Crippen LogP contribution in [-0.4, -0.2) is 9.94 Å². The molecule has 0 bridgehead atoms. The number of pyridine rings is 1. The summed E-state index contributed by atoms with van der Waals surface area (Å²) < 4.78 is 51.2. The predicted octanol–water partition coefficient (Wildman–Crippen LogP) is 3.29. The maximum Gasteiger partial charge on any atom is 0.419 e. The van der Waals surface area contributed by atoms with Gasteiger partial charge >= 0.3 is 11.7 Å². The summed E-state index contributed by atoms with van der Waals surface area (Å²) >= 11 is 0. The summed E-state index contributed by atoms with van der Waals surface area (Å²) in [6, 6.07) is 0.548. The molecule has 7 heteroatoms. The van der Waals surface area contributed by atoms with Crippen molar-refractivity contribution in [1.82, 2.24) is 4.73 Å². The molecule has 1 aromatic heterocycles. The Kier molecular flexibility index (Phi) is 3.56. The quantitative estimate of drug-likeness (QED) is 0.633. The van der Waals surface area contributed by atoms with Crippen LogP contribution in [-0.2, 0) is 6.18 Å². The first-order valence-corrected chi connectivity index (χ1v) is 6.04. The topological polar surface area (TPSA) is 42.2 Å². The highest BCUT2D eigenvalue weighted by atomic mass is 19.4. The number of hydrogen-bond acceptors (Lipinski definition) is 2. The van der Waals surface area contributed by atoms with Gasteiger partial charge in [0.15, 0.2) is 0 Å². The fourth-order valence-corrected chi connectivity index (χ4v) is 2.49. The maximum atomic E-state index is 13.3. The van der Waals surface area contributed by atoms with E-state index in [-0.39, 0.29) is 16.3 Å². The van der Waals surface area contributed by atoms with Gasteiger partial charge in [0.2, 0.25) is 5.82 Å². The fourth-order valence-electron chi connectivity index (χ4n) is 2.49. The van der Waals surface area contributed by atoms with Crippen molar-refractivity contribution in [3.8, 4) is 0 Å². The molecule has 106 valence electrons. The maximum absolute atomic E-state index is 13.3. The van der Waals surface area contributed by atoms with Crippen LogP contribution in [0.1, 0.15) is 49.3 Å². The third-order valence-corrected chi connectivity index (χ3v) is 3.48. The average Bonchev–Trinajstić information content (AvgIpc) is 2.36. The first-order valence-electron chi connectivity index (χ1n) is 6.04. The summed E-state index contributed by atoms with van der Waals surface area (Å²) in [5.41, 5.74) is -3.41. The molecule has 1 saturated carbocycles. The van der Waals surface area contributed by atoms with E-state index in [1.54, 1.807) is 0 Å². The highest BCUT2D eigenvalue weighted by Gasteiger charge is 2.37. The molecule has 0 saturated heterocycles. The van der Waals surface area contributed by atoms with Crippen LogP contribution in [0.4, 0.5) is 17.6 Å². The Morgan fingerprint density at radius 2 is 1.79 bits per heavy atom. The van der Waals surface area contributed by atoms with Gasteiger partial charge in [0.1, 0.15) is 0 Å². The zero-order valence-corrected chi connectivity index (χ0v) is 10.0. The number of alkyl halides is 3. The third kappa shape index (κ3) is 2.59. The lowest BCUT2D eigenvalue weighted by Crippen LogP contribution is -2.30.